The number of rotatable bonds is 6. The predicted molar refractivity (Wildman–Crippen MR) is 122 cm³/mol. The Morgan fingerprint density at radius 2 is 1.61 bits per heavy atom. The smallest absolute Gasteiger partial charge is 0.263 e. The van der Waals surface area contributed by atoms with Crippen LogP contribution in [0.15, 0.2) is 83.7 Å². The van der Waals surface area contributed by atoms with E-state index in [1.54, 1.807) is 67.8 Å². The van der Waals surface area contributed by atoms with Crippen LogP contribution in [-0.4, -0.2) is 24.6 Å². The van der Waals surface area contributed by atoms with Gasteiger partial charge in [-0.15, -0.1) is 0 Å². The molecule has 1 heterocycles. The molecule has 6 heteroatoms. The molecule has 4 rings (SSSR count). The number of pyridine rings is 1. The van der Waals surface area contributed by atoms with E-state index in [0.29, 0.717) is 40.6 Å². The first-order chi connectivity index (χ1) is 15.1. The molecule has 31 heavy (non-hydrogen) atoms. The van der Waals surface area contributed by atoms with Gasteiger partial charge in [0.05, 0.1) is 19.4 Å². The molecule has 0 fully saturated rings. The van der Waals surface area contributed by atoms with Crippen molar-refractivity contribution in [2.75, 3.05) is 18.6 Å². The van der Waals surface area contributed by atoms with E-state index in [0.717, 1.165) is 5.39 Å². The number of H-pyrrole nitrogens is 1. The Labute approximate surface area is 179 Å². The molecule has 4 aromatic rings. The van der Waals surface area contributed by atoms with Crippen molar-refractivity contribution < 1.29 is 14.3 Å². The first-order valence-electron chi connectivity index (χ1n) is 9.94. The van der Waals surface area contributed by atoms with Gasteiger partial charge in [-0.25, -0.2) is 0 Å². The summed E-state index contributed by atoms with van der Waals surface area (Å²) in [5.41, 5.74) is 0.810. The summed E-state index contributed by atoms with van der Waals surface area (Å²) in [6.45, 7) is 2.45. The standard InChI is InChI=1S/C25H22N2O4/c1-3-31-21-12-8-17(9-13-21)25(29)27(19-10-14-20(30-2)15-11-19)23-16-18-6-4-5-7-22(18)24(28)26-23/h4-16H,3H2,1-2H3,(H,26,28). The fourth-order valence-electron chi connectivity index (χ4n) is 3.40. The number of carbonyl (C=O) groups is 1. The summed E-state index contributed by atoms with van der Waals surface area (Å²) in [7, 11) is 1.58. The van der Waals surface area contributed by atoms with Crippen LogP contribution in [0.5, 0.6) is 11.5 Å². The van der Waals surface area contributed by atoms with Gasteiger partial charge in [-0.2, -0.15) is 0 Å². The Morgan fingerprint density at radius 1 is 0.935 bits per heavy atom. The van der Waals surface area contributed by atoms with Gasteiger partial charge in [-0.1, -0.05) is 18.2 Å². The SMILES string of the molecule is CCOc1ccc(C(=O)N(c2ccc(OC)cc2)c2cc3ccccc3c(=O)[nH]2)cc1. The third-order valence-corrected chi connectivity index (χ3v) is 4.93. The molecule has 6 nitrogen and oxygen atoms in total. The summed E-state index contributed by atoms with van der Waals surface area (Å²) in [6, 6.07) is 23.1. The number of fused-ring (bicyclic) bond motifs is 1. The Bertz CT molecular complexity index is 1260. The van der Waals surface area contributed by atoms with Gasteiger partial charge >= 0.3 is 0 Å². The van der Waals surface area contributed by atoms with Gasteiger partial charge < -0.3 is 14.5 Å². The molecule has 0 saturated carbocycles. The van der Waals surface area contributed by atoms with Crippen molar-refractivity contribution in [3.8, 4) is 11.5 Å². The van der Waals surface area contributed by atoms with E-state index in [1.807, 2.05) is 25.1 Å². The average molecular weight is 414 g/mol. The van der Waals surface area contributed by atoms with E-state index in [1.165, 1.54) is 4.90 Å². The number of amides is 1. The zero-order chi connectivity index (χ0) is 21.8. The number of benzene rings is 3. The molecule has 0 atom stereocenters. The highest BCUT2D eigenvalue weighted by molar-refractivity contribution is 6.11. The molecule has 0 unspecified atom stereocenters. The fraction of sp³-hybridized carbons (Fsp3) is 0.120. The minimum atomic E-state index is -0.279. The number of methoxy groups -OCH3 is 1. The van der Waals surface area contributed by atoms with E-state index >= 15 is 0 Å². The third-order valence-electron chi connectivity index (χ3n) is 4.93. The Kier molecular flexibility index (Phi) is 5.71. The highest BCUT2D eigenvalue weighted by Crippen LogP contribution is 2.29. The molecule has 3 aromatic carbocycles. The number of nitrogens with one attached hydrogen (secondary N) is 1. The summed E-state index contributed by atoms with van der Waals surface area (Å²) in [5, 5.41) is 1.31. The number of hydrogen-bond donors (Lipinski definition) is 1. The lowest BCUT2D eigenvalue weighted by molar-refractivity contribution is 0.0998. The summed E-state index contributed by atoms with van der Waals surface area (Å²) in [6.07, 6.45) is 0. The van der Waals surface area contributed by atoms with Crippen LogP contribution >= 0.6 is 0 Å². The number of hydrogen-bond acceptors (Lipinski definition) is 4. The monoisotopic (exact) mass is 414 g/mol. The molecule has 0 spiro atoms. The molecule has 0 saturated heterocycles. The van der Waals surface area contributed by atoms with Crippen LogP contribution in [0.25, 0.3) is 10.8 Å². The minimum Gasteiger partial charge on any atom is -0.497 e. The largest absolute Gasteiger partial charge is 0.497 e. The van der Waals surface area contributed by atoms with Crippen molar-refractivity contribution in [1.29, 1.82) is 0 Å². The Morgan fingerprint density at radius 3 is 2.29 bits per heavy atom. The van der Waals surface area contributed by atoms with Gasteiger partial charge in [0.15, 0.2) is 0 Å². The lowest BCUT2D eigenvalue weighted by Gasteiger charge is -2.23. The molecule has 1 amide bonds. The van der Waals surface area contributed by atoms with Crippen molar-refractivity contribution in [3.05, 3.63) is 94.8 Å². The second-order valence-corrected chi connectivity index (χ2v) is 6.87. The zero-order valence-corrected chi connectivity index (χ0v) is 17.3. The van der Waals surface area contributed by atoms with Crippen LogP contribution in [0.1, 0.15) is 17.3 Å². The maximum atomic E-state index is 13.5. The predicted octanol–water partition coefficient (Wildman–Crippen LogP) is 4.91. The molecule has 0 bridgehead atoms. The minimum absolute atomic E-state index is 0.258. The second kappa shape index (κ2) is 8.75. The highest BCUT2D eigenvalue weighted by Gasteiger charge is 2.22. The first-order valence-corrected chi connectivity index (χ1v) is 9.94. The quantitative estimate of drug-likeness (QED) is 0.486. The molecule has 1 aromatic heterocycles. The number of nitrogens with zero attached hydrogens (tertiary/aromatic N) is 1. The van der Waals surface area contributed by atoms with Gasteiger partial charge in [0.25, 0.3) is 11.5 Å². The van der Waals surface area contributed by atoms with Crippen molar-refractivity contribution in [2.24, 2.45) is 0 Å². The van der Waals surface area contributed by atoms with E-state index in [4.69, 9.17) is 9.47 Å². The summed E-state index contributed by atoms with van der Waals surface area (Å²) < 4.78 is 10.7. The number of ether oxygens (including phenoxy) is 2. The maximum Gasteiger partial charge on any atom is 0.263 e. The lowest BCUT2D eigenvalue weighted by atomic mass is 10.1. The Balaban J connectivity index is 1.83. The molecule has 1 N–H and O–H groups in total. The topological polar surface area (TPSA) is 71.6 Å². The van der Waals surface area contributed by atoms with Crippen molar-refractivity contribution in [1.82, 2.24) is 4.98 Å². The van der Waals surface area contributed by atoms with Gasteiger partial charge in [0, 0.05) is 10.9 Å². The molecular weight excluding hydrogens is 392 g/mol. The van der Waals surface area contributed by atoms with Crippen LogP contribution < -0.4 is 19.9 Å². The van der Waals surface area contributed by atoms with Crippen LogP contribution in [-0.2, 0) is 0 Å². The summed E-state index contributed by atoms with van der Waals surface area (Å²) >= 11 is 0. The Hall–Kier alpha value is -4.06. The van der Waals surface area contributed by atoms with E-state index in [9.17, 15) is 9.59 Å². The number of aromatic nitrogens is 1. The van der Waals surface area contributed by atoms with Gasteiger partial charge in [-0.05, 0) is 73.0 Å². The lowest BCUT2D eigenvalue weighted by Crippen LogP contribution is -2.28. The molecule has 0 aliphatic heterocycles. The van der Waals surface area contributed by atoms with E-state index < -0.39 is 0 Å². The molecule has 0 aliphatic rings. The second-order valence-electron chi connectivity index (χ2n) is 6.87. The summed E-state index contributed by atoms with van der Waals surface area (Å²) in [4.78, 5) is 30.6. The van der Waals surface area contributed by atoms with Crippen molar-refractivity contribution in [3.63, 3.8) is 0 Å². The third kappa shape index (κ3) is 4.14. The average Bonchev–Trinajstić information content (AvgIpc) is 2.80. The molecule has 0 aliphatic carbocycles. The van der Waals surface area contributed by atoms with Gasteiger partial charge in [-0.3, -0.25) is 14.5 Å². The maximum absolute atomic E-state index is 13.5. The van der Waals surface area contributed by atoms with E-state index in [2.05, 4.69) is 4.98 Å². The molecule has 156 valence electrons. The van der Waals surface area contributed by atoms with Crippen molar-refractivity contribution >= 4 is 28.2 Å². The van der Waals surface area contributed by atoms with Crippen LogP contribution in [0, 0.1) is 0 Å². The van der Waals surface area contributed by atoms with Crippen LogP contribution in [0.2, 0.25) is 0 Å². The van der Waals surface area contributed by atoms with Crippen LogP contribution in [0.4, 0.5) is 11.5 Å². The molecule has 0 radical (unpaired) electrons. The van der Waals surface area contributed by atoms with E-state index in [-0.39, 0.29) is 11.5 Å². The van der Waals surface area contributed by atoms with Gasteiger partial charge in [0.2, 0.25) is 0 Å². The summed E-state index contributed by atoms with van der Waals surface area (Å²) in [5.74, 6) is 1.46. The number of anilines is 2. The normalized spacial score (nSPS) is 10.6. The fourth-order valence-corrected chi connectivity index (χ4v) is 3.40. The number of aromatic amines is 1. The highest BCUT2D eigenvalue weighted by atomic mass is 16.5. The number of carbonyl (C=O) groups excluding carboxylic acids is 1. The first kappa shape index (κ1) is 20.2. The zero-order valence-electron chi connectivity index (χ0n) is 17.3. The van der Waals surface area contributed by atoms with Crippen molar-refractivity contribution in [2.45, 2.75) is 6.92 Å². The van der Waals surface area contributed by atoms with Gasteiger partial charge in [0.1, 0.15) is 17.3 Å². The van der Waals surface area contributed by atoms with Crippen LogP contribution in [0.3, 0.4) is 0 Å². The molecular formula is C25H22N2O4.